The fraction of sp³-hybridized carbons (Fsp3) is 0.364. The number of hydrazone groups is 1. The van der Waals surface area contributed by atoms with Crippen LogP contribution in [0.4, 0.5) is 5.69 Å². The molecule has 0 fully saturated rings. The molecule has 0 aliphatic carbocycles. The summed E-state index contributed by atoms with van der Waals surface area (Å²) < 4.78 is 0.931. The second-order valence-corrected chi connectivity index (χ2v) is 9.83. The average molecular weight is 495 g/mol. The minimum Gasteiger partial charge on any atom is -0.324 e. The van der Waals surface area contributed by atoms with Crippen molar-refractivity contribution < 1.29 is 4.79 Å². The van der Waals surface area contributed by atoms with Crippen molar-refractivity contribution in [3.63, 3.8) is 0 Å². The molecule has 1 amide bonds. The summed E-state index contributed by atoms with van der Waals surface area (Å²) in [6.45, 7) is 3.19. The minimum absolute atomic E-state index is 0.0735. The number of nitrogens with zero attached hydrogens (tertiary/aromatic N) is 2. The van der Waals surface area contributed by atoms with Gasteiger partial charge in [-0.05, 0) is 60.7 Å². The lowest BCUT2D eigenvalue weighted by Crippen LogP contribution is -2.34. The summed E-state index contributed by atoms with van der Waals surface area (Å²) in [7, 11) is 0. The Morgan fingerprint density at radius 2 is 2.07 bits per heavy atom. The van der Waals surface area contributed by atoms with Crippen molar-refractivity contribution in [2.75, 3.05) is 30.4 Å². The van der Waals surface area contributed by atoms with Crippen molar-refractivity contribution in [1.82, 2.24) is 5.01 Å². The highest BCUT2D eigenvalue weighted by Gasteiger charge is 2.39. The maximum absolute atomic E-state index is 12.6. The monoisotopic (exact) mass is 493 g/mol. The summed E-state index contributed by atoms with van der Waals surface area (Å²) in [6.07, 6.45) is 4.27. The largest absolute Gasteiger partial charge is 0.324 e. The molecule has 2 aromatic rings. The van der Waals surface area contributed by atoms with Crippen molar-refractivity contribution >= 4 is 56.6 Å². The Bertz CT molecular complexity index is 890. The molecule has 0 saturated carbocycles. The Morgan fingerprint density at radius 1 is 1.31 bits per heavy atom. The van der Waals surface area contributed by atoms with Gasteiger partial charge in [-0.1, -0.05) is 52.7 Å². The fourth-order valence-corrected chi connectivity index (χ4v) is 4.58. The number of halogens is 2. The highest BCUT2D eigenvalue weighted by Crippen LogP contribution is 2.36. The number of nitrogens with one attached hydrogen (secondary N) is 1. The normalized spacial score (nSPS) is 18.6. The lowest BCUT2D eigenvalue weighted by molar-refractivity contribution is -0.117. The van der Waals surface area contributed by atoms with Gasteiger partial charge in [-0.2, -0.15) is 16.9 Å². The number of hydrogen-bond donors (Lipinski definition) is 1. The first-order valence-electron chi connectivity index (χ1n) is 9.54. The lowest BCUT2D eigenvalue weighted by atomic mass is 9.78. The number of rotatable bonds is 8. The minimum atomic E-state index is -0.0976. The molecule has 1 N–H and O–H groups in total. The van der Waals surface area contributed by atoms with Gasteiger partial charge in [0.1, 0.15) is 6.54 Å². The Balaban J connectivity index is 1.75. The number of hydrogen-bond acceptors (Lipinski definition) is 4. The molecule has 0 bridgehead atoms. The van der Waals surface area contributed by atoms with Crippen LogP contribution >= 0.6 is 39.3 Å². The fourth-order valence-electron chi connectivity index (χ4n) is 3.62. The van der Waals surface area contributed by atoms with Crippen molar-refractivity contribution in [2.24, 2.45) is 10.5 Å². The summed E-state index contributed by atoms with van der Waals surface area (Å²) in [5, 5.41) is 10.4. The summed E-state index contributed by atoms with van der Waals surface area (Å²) >= 11 is 11.4. The molecule has 4 nitrogen and oxygen atoms in total. The Kier molecular flexibility index (Phi) is 7.66. The molecule has 1 aliphatic heterocycles. The third kappa shape index (κ3) is 6.00. The first-order chi connectivity index (χ1) is 13.9. The molecule has 0 spiro atoms. The molecule has 0 saturated heterocycles. The van der Waals surface area contributed by atoms with E-state index < -0.39 is 0 Å². The summed E-state index contributed by atoms with van der Waals surface area (Å²) in [5.74, 6) is 1.04. The molecule has 3 rings (SSSR count). The number of amides is 1. The molecule has 0 radical (unpaired) electrons. The van der Waals surface area contributed by atoms with Crippen LogP contribution in [-0.4, -0.2) is 41.7 Å². The summed E-state index contributed by atoms with van der Waals surface area (Å²) in [6, 6.07) is 15.4. The van der Waals surface area contributed by atoms with Crippen molar-refractivity contribution in [1.29, 1.82) is 0 Å². The van der Waals surface area contributed by atoms with E-state index in [2.05, 4.69) is 34.4 Å². The van der Waals surface area contributed by atoms with Crippen LogP contribution in [0.1, 0.15) is 25.3 Å². The van der Waals surface area contributed by atoms with E-state index in [-0.39, 0.29) is 17.9 Å². The molecule has 1 heterocycles. The van der Waals surface area contributed by atoms with Gasteiger partial charge < -0.3 is 5.32 Å². The van der Waals surface area contributed by atoms with E-state index in [4.69, 9.17) is 16.7 Å². The smallest absolute Gasteiger partial charge is 0.245 e. The van der Waals surface area contributed by atoms with Gasteiger partial charge in [-0.15, -0.1) is 0 Å². The average Bonchev–Trinajstić information content (AvgIpc) is 2.98. The number of carbonyl (C=O) groups is 1. The molecule has 1 unspecified atom stereocenters. The van der Waals surface area contributed by atoms with E-state index in [0.717, 1.165) is 46.6 Å². The van der Waals surface area contributed by atoms with Crippen LogP contribution in [0.25, 0.3) is 0 Å². The van der Waals surface area contributed by atoms with Crippen molar-refractivity contribution in [2.45, 2.75) is 19.8 Å². The zero-order valence-electron chi connectivity index (χ0n) is 16.6. The van der Waals surface area contributed by atoms with Crippen LogP contribution in [0, 0.1) is 5.41 Å². The van der Waals surface area contributed by atoms with E-state index in [0.29, 0.717) is 5.02 Å². The van der Waals surface area contributed by atoms with Crippen LogP contribution in [0.3, 0.4) is 0 Å². The van der Waals surface area contributed by atoms with Gasteiger partial charge in [0.15, 0.2) is 0 Å². The van der Waals surface area contributed by atoms with E-state index in [1.54, 1.807) is 0 Å². The topological polar surface area (TPSA) is 44.7 Å². The zero-order chi connectivity index (χ0) is 20.9. The molecule has 1 aliphatic rings. The van der Waals surface area contributed by atoms with E-state index in [1.807, 2.05) is 65.3 Å². The van der Waals surface area contributed by atoms with Crippen LogP contribution < -0.4 is 5.32 Å². The molecule has 7 heteroatoms. The number of thioether (sulfide) groups is 1. The van der Waals surface area contributed by atoms with Gasteiger partial charge in [0.2, 0.25) is 5.91 Å². The van der Waals surface area contributed by atoms with Crippen LogP contribution in [0.5, 0.6) is 0 Å². The predicted molar refractivity (Wildman–Crippen MR) is 128 cm³/mol. The molecule has 154 valence electrons. The van der Waals surface area contributed by atoms with E-state index in [1.165, 1.54) is 0 Å². The summed E-state index contributed by atoms with van der Waals surface area (Å²) in [5.41, 5.74) is 2.77. The van der Waals surface area contributed by atoms with Gasteiger partial charge in [-0.25, -0.2) is 0 Å². The van der Waals surface area contributed by atoms with Crippen LogP contribution in [0.2, 0.25) is 5.02 Å². The van der Waals surface area contributed by atoms with E-state index >= 15 is 0 Å². The molecular formula is C22H25BrClN3OS. The molecule has 29 heavy (non-hydrogen) atoms. The van der Waals surface area contributed by atoms with Gasteiger partial charge >= 0.3 is 0 Å². The van der Waals surface area contributed by atoms with Gasteiger partial charge in [-0.3, -0.25) is 9.80 Å². The summed E-state index contributed by atoms with van der Waals surface area (Å²) in [4.78, 5) is 12.6. The Morgan fingerprint density at radius 3 is 2.76 bits per heavy atom. The maximum atomic E-state index is 12.6. The number of anilines is 1. The molecule has 2 aromatic carbocycles. The van der Waals surface area contributed by atoms with Crippen molar-refractivity contribution in [3.8, 4) is 0 Å². The van der Waals surface area contributed by atoms with Gasteiger partial charge in [0.25, 0.3) is 0 Å². The molecule has 0 aromatic heterocycles. The van der Waals surface area contributed by atoms with Gasteiger partial charge in [0.05, 0.1) is 5.71 Å². The zero-order valence-corrected chi connectivity index (χ0v) is 19.8. The lowest BCUT2D eigenvalue weighted by Gasteiger charge is -2.26. The highest BCUT2D eigenvalue weighted by molar-refractivity contribution is 9.10. The predicted octanol–water partition coefficient (Wildman–Crippen LogP) is 5.91. The Hall–Kier alpha value is -1.50. The van der Waals surface area contributed by atoms with E-state index in [9.17, 15) is 4.79 Å². The second-order valence-electron chi connectivity index (χ2n) is 7.49. The number of benzene rings is 2. The number of carbonyl (C=O) groups excluding carboxylic acids is 1. The standard InChI is InChI=1S/C22H25BrClN3OS/c1-22(11-4-12-29-2)15-27(26-21(22)16-7-9-18(24)10-8-16)14-20(28)25-19-6-3-5-17(23)13-19/h3,5-10,13H,4,11-12,14-15H2,1-2H3,(H,25,28). The third-order valence-corrected chi connectivity index (χ3v) is 6.42. The van der Waals surface area contributed by atoms with Gasteiger partial charge in [0, 0.05) is 27.1 Å². The SMILES string of the molecule is CSCCCC1(C)CN(CC(=O)Nc2cccc(Br)c2)N=C1c1ccc(Cl)cc1. The van der Waals surface area contributed by atoms with Crippen molar-refractivity contribution in [3.05, 3.63) is 63.6 Å². The second kappa shape index (κ2) is 10.0. The highest BCUT2D eigenvalue weighted by atomic mass is 79.9. The quantitative estimate of drug-likeness (QED) is 0.464. The Labute approximate surface area is 190 Å². The first kappa shape index (κ1) is 22.2. The van der Waals surface area contributed by atoms with Crippen LogP contribution in [-0.2, 0) is 4.79 Å². The maximum Gasteiger partial charge on any atom is 0.245 e. The first-order valence-corrected chi connectivity index (χ1v) is 12.1. The molecular weight excluding hydrogens is 470 g/mol. The van der Waals surface area contributed by atoms with Crippen LogP contribution in [0.15, 0.2) is 58.1 Å². The molecule has 1 atom stereocenters. The third-order valence-electron chi connectivity index (χ3n) is 4.97.